The van der Waals surface area contributed by atoms with Gasteiger partial charge in [0.25, 0.3) is 0 Å². The van der Waals surface area contributed by atoms with E-state index in [1.807, 2.05) is 0 Å². The van der Waals surface area contributed by atoms with Crippen molar-refractivity contribution in [2.75, 3.05) is 12.4 Å². The first-order valence-corrected chi connectivity index (χ1v) is 9.55. The van der Waals surface area contributed by atoms with Crippen LogP contribution in [0, 0.1) is 5.92 Å². The van der Waals surface area contributed by atoms with E-state index in [0.29, 0.717) is 28.9 Å². The van der Waals surface area contributed by atoms with E-state index in [1.54, 1.807) is 24.3 Å². The Morgan fingerprint density at radius 2 is 2.11 bits per heavy atom. The number of carbonyl (C=O) groups is 3. The van der Waals surface area contributed by atoms with Gasteiger partial charge < -0.3 is 19.1 Å². The first kappa shape index (κ1) is 18.3. The van der Waals surface area contributed by atoms with E-state index in [9.17, 15) is 24.3 Å². The fourth-order valence-corrected chi connectivity index (χ4v) is 4.77. The average Bonchev–Trinajstić information content (AvgIpc) is 2.69. The molecule has 0 spiro atoms. The average molecular weight is 401 g/mol. The predicted octanol–water partition coefficient (Wildman–Crippen LogP) is 1.63. The van der Waals surface area contributed by atoms with Crippen LogP contribution in [0.5, 0.6) is 5.75 Å². The largest absolute Gasteiger partial charge is 0.489 e. The predicted molar refractivity (Wildman–Crippen MR) is 99.9 cm³/mol. The second-order valence-corrected chi connectivity index (χ2v) is 7.52. The van der Waals surface area contributed by atoms with Gasteiger partial charge in [0.05, 0.1) is 11.3 Å². The number of hydrogen-bond acceptors (Lipinski definition) is 7. The smallest absolute Gasteiger partial charge is 0.352 e. The van der Waals surface area contributed by atoms with Crippen LogP contribution in [-0.2, 0) is 14.4 Å². The van der Waals surface area contributed by atoms with Crippen LogP contribution in [0.15, 0.2) is 50.8 Å². The van der Waals surface area contributed by atoms with Crippen molar-refractivity contribution >= 4 is 40.9 Å². The molecule has 28 heavy (non-hydrogen) atoms. The first-order valence-electron chi connectivity index (χ1n) is 8.50. The molecular formula is C19H15NO7S. The molecule has 2 atom stereocenters. The van der Waals surface area contributed by atoms with Gasteiger partial charge in [-0.25, -0.2) is 9.59 Å². The van der Waals surface area contributed by atoms with Crippen molar-refractivity contribution in [3.63, 3.8) is 0 Å². The molecule has 9 heteroatoms. The van der Waals surface area contributed by atoms with Gasteiger partial charge >= 0.3 is 11.6 Å². The molecule has 1 amide bonds. The topological polar surface area (TPSA) is 114 Å². The highest BCUT2D eigenvalue weighted by atomic mass is 32.2. The van der Waals surface area contributed by atoms with Crippen LogP contribution in [0.1, 0.15) is 6.42 Å². The number of aliphatic carboxylic acids is 1. The molecule has 1 fully saturated rings. The number of amides is 1. The van der Waals surface area contributed by atoms with Gasteiger partial charge in [-0.3, -0.25) is 9.69 Å². The molecule has 3 heterocycles. The normalized spacial score (nSPS) is 21.3. The highest BCUT2D eigenvalue weighted by Crippen LogP contribution is 2.44. The van der Waals surface area contributed by atoms with Crippen LogP contribution in [0.2, 0.25) is 0 Å². The lowest BCUT2D eigenvalue weighted by Gasteiger charge is -2.49. The van der Waals surface area contributed by atoms with Gasteiger partial charge in [0, 0.05) is 35.3 Å². The zero-order chi connectivity index (χ0) is 19.8. The van der Waals surface area contributed by atoms with E-state index in [4.69, 9.17) is 9.15 Å². The van der Waals surface area contributed by atoms with E-state index in [-0.39, 0.29) is 30.0 Å². The quantitative estimate of drug-likeness (QED) is 0.441. The molecule has 2 aliphatic rings. The summed E-state index contributed by atoms with van der Waals surface area (Å²) in [7, 11) is 0. The summed E-state index contributed by atoms with van der Waals surface area (Å²) in [6.45, 7) is -0.0218. The Hall–Kier alpha value is -3.07. The number of benzene rings is 1. The van der Waals surface area contributed by atoms with Crippen molar-refractivity contribution in [2.24, 2.45) is 5.92 Å². The third-order valence-corrected chi connectivity index (χ3v) is 6.11. The van der Waals surface area contributed by atoms with Gasteiger partial charge in [-0.15, -0.1) is 11.8 Å². The van der Waals surface area contributed by atoms with E-state index >= 15 is 0 Å². The number of β-lactam (4-membered cyclic amide) rings is 1. The van der Waals surface area contributed by atoms with Crippen molar-refractivity contribution in [2.45, 2.75) is 11.8 Å². The minimum absolute atomic E-state index is 0.0218. The van der Waals surface area contributed by atoms with E-state index < -0.39 is 17.5 Å². The van der Waals surface area contributed by atoms with Crippen molar-refractivity contribution in [3.8, 4) is 5.75 Å². The zero-order valence-electron chi connectivity index (χ0n) is 14.5. The molecule has 0 saturated carbocycles. The third kappa shape index (κ3) is 3.07. The molecule has 1 saturated heterocycles. The molecule has 0 radical (unpaired) electrons. The van der Waals surface area contributed by atoms with E-state index in [1.165, 1.54) is 22.7 Å². The number of aldehydes is 1. The monoisotopic (exact) mass is 401 g/mol. The van der Waals surface area contributed by atoms with Crippen LogP contribution in [-0.4, -0.2) is 45.9 Å². The van der Waals surface area contributed by atoms with Crippen LogP contribution in [0.4, 0.5) is 0 Å². The Bertz CT molecular complexity index is 1070. The van der Waals surface area contributed by atoms with Crippen LogP contribution < -0.4 is 10.4 Å². The number of fused-ring (bicyclic) bond motifs is 2. The van der Waals surface area contributed by atoms with Gasteiger partial charge in [0.1, 0.15) is 29.9 Å². The van der Waals surface area contributed by atoms with Crippen molar-refractivity contribution < 1.29 is 28.6 Å². The van der Waals surface area contributed by atoms with Crippen LogP contribution in [0.25, 0.3) is 11.0 Å². The highest BCUT2D eigenvalue weighted by Gasteiger charge is 2.53. The number of carbonyl (C=O) groups excluding carboxylic acids is 2. The summed E-state index contributed by atoms with van der Waals surface area (Å²) in [6, 6.07) is 7.95. The van der Waals surface area contributed by atoms with Crippen molar-refractivity contribution in [1.82, 2.24) is 4.90 Å². The molecule has 4 rings (SSSR count). The minimum atomic E-state index is -1.20. The zero-order valence-corrected chi connectivity index (χ0v) is 15.3. The van der Waals surface area contributed by atoms with Crippen LogP contribution in [0.3, 0.4) is 0 Å². The van der Waals surface area contributed by atoms with Crippen molar-refractivity contribution in [1.29, 1.82) is 0 Å². The number of nitrogens with zero attached hydrogens (tertiary/aromatic N) is 1. The van der Waals surface area contributed by atoms with Gasteiger partial charge in [0.2, 0.25) is 5.91 Å². The van der Waals surface area contributed by atoms with Gasteiger partial charge in [-0.05, 0) is 18.2 Å². The molecule has 8 nitrogen and oxygen atoms in total. The standard InChI is InChI=1S/C19H15NO7S/c21-6-5-13-17(23)20-16(19(24)25)11(9-28-18(13)20)8-26-12-3-1-10-2-4-15(22)27-14(10)7-12/h1-4,6-7,13,18H,5,8-9H2,(H,24,25)/t13-,18-/m1/s1. The molecular weight excluding hydrogens is 386 g/mol. The lowest BCUT2D eigenvalue weighted by molar-refractivity contribution is -0.153. The number of thioether (sulfide) groups is 1. The molecule has 2 aromatic rings. The SMILES string of the molecule is O=CC[C@@H]1C(=O)N2C(C(=O)O)=C(COc3ccc4ccc(=O)oc4c3)CS[C@H]12. The third-order valence-electron chi connectivity index (χ3n) is 4.72. The highest BCUT2D eigenvalue weighted by molar-refractivity contribution is 8.00. The lowest BCUT2D eigenvalue weighted by atomic mass is 9.93. The number of rotatable bonds is 6. The van der Waals surface area contributed by atoms with E-state index in [0.717, 1.165) is 5.39 Å². The first-order chi connectivity index (χ1) is 13.5. The fourth-order valence-electron chi connectivity index (χ4n) is 3.36. The molecule has 2 aliphatic heterocycles. The maximum atomic E-state index is 12.3. The number of ether oxygens (including phenoxy) is 1. The summed E-state index contributed by atoms with van der Waals surface area (Å²) in [5.74, 6) is -1.23. The molecule has 0 unspecified atom stereocenters. The number of carboxylic acid groups (broad SMARTS) is 1. The van der Waals surface area contributed by atoms with E-state index in [2.05, 4.69) is 0 Å². The molecule has 1 N–H and O–H groups in total. The molecule has 0 aliphatic carbocycles. The molecule has 1 aromatic heterocycles. The van der Waals surface area contributed by atoms with Gasteiger partial charge in [-0.2, -0.15) is 0 Å². The molecule has 1 aromatic carbocycles. The maximum absolute atomic E-state index is 12.3. The lowest BCUT2D eigenvalue weighted by Crippen LogP contribution is -2.61. The summed E-state index contributed by atoms with van der Waals surface area (Å²) < 4.78 is 10.8. The summed E-state index contributed by atoms with van der Waals surface area (Å²) >= 11 is 1.42. The Balaban J connectivity index is 1.56. The summed E-state index contributed by atoms with van der Waals surface area (Å²) in [5, 5.41) is 10.0. The second-order valence-electron chi connectivity index (χ2n) is 6.42. The number of carboxylic acids is 1. The van der Waals surface area contributed by atoms with Gasteiger partial charge in [-0.1, -0.05) is 0 Å². The second kappa shape index (κ2) is 7.16. The summed E-state index contributed by atoms with van der Waals surface area (Å²) in [5.41, 5.74) is 0.283. The van der Waals surface area contributed by atoms with Gasteiger partial charge in [0.15, 0.2) is 0 Å². The molecule has 144 valence electrons. The number of hydrogen-bond donors (Lipinski definition) is 1. The Morgan fingerprint density at radius 3 is 2.86 bits per heavy atom. The summed E-state index contributed by atoms with van der Waals surface area (Å²) in [4.78, 5) is 47.3. The Kier molecular flexibility index (Phi) is 4.68. The minimum Gasteiger partial charge on any atom is -0.489 e. The van der Waals surface area contributed by atoms with Crippen LogP contribution >= 0.6 is 11.8 Å². The fraction of sp³-hybridized carbons (Fsp3) is 0.263. The Labute approximate surface area is 162 Å². The maximum Gasteiger partial charge on any atom is 0.352 e. The van der Waals surface area contributed by atoms with Crippen molar-refractivity contribution in [3.05, 3.63) is 52.0 Å². The molecule has 0 bridgehead atoms. The summed E-state index contributed by atoms with van der Waals surface area (Å²) in [6.07, 6.45) is 0.773. The Morgan fingerprint density at radius 1 is 1.32 bits per heavy atom.